The van der Waals surface area contributed by atoms with Crippen molar-refractivity contribution in [1.29, 1.82) is 0 Å². The molecule has 0 spiro atoms. The molecule has 1 atom stereocenters. The van der Waals surface area contributed by atoms with Crippen LogP contribution in [-0.4, -0.2) is 128 Å². The van der Waals surface area contributed by atoms with E-state index >= 15 is 0 Å². The minimum atomic E-state index is -3.01. The molecule has 7 rings (SSSR count). The number of benzene rings is 1. The number of sulfone groups is 1. The fourth-order valence-electron chi connectivity index (χ4n) is 7.81. The first kappa shape index (κ1) is 33.1. The summed E-state index contributed by atoms with van der Waals surface area (Å²) in [6.07, 6.45) is 4.03. The maximum atomic E-state index is 12.7. The zero-order valence-corrected chi connectivity index (χ0v) is 29.1. The molecular weight excluding hydrogens is 630 g/mol. The number of aromatic nitrogens is 2. The first-order valence-corrected chi connectivity index (χ1v) is 19.1. The number of rotatable bonds is 5. The topological polar surface area (TPSA) is 120 Å². The molecule has 1 aromatic heterocycles. The van der Waals surface area contributed by atoms with Crippen LogP contribution in [0.2, 0.25) is 0 Å². The normalized spacial score (nSPS) is 24.1. The molecule has 1 N–H and O–H groups in total. The van der Waals surface area contributed by atoms with Crippen LogP contribution < -0.4 is 15.0 Å². The van der Waals surface area contributed by atoms with Crippen molar-refractivity contribution in [3.8, 4) is 17.6 Å². The number of carbonyl (C=O) groups excluding carboxylic acids is 1. The van der Waals surface area contributed by atoms with Crippen LogP contribution in [0.3, 0.4) is 0 Å². The van der Waals surface area contributed by atoms with Gasteiger partial charge in [-0.2, -0.15) is 0 Å². The van der Waals surface area contributed by atoms with Crippen LogP contribution in [0.4, 0.5) is 17.3 Å². The Labute approximate surface area is 284 Å². The minimum absolute atomic E-state index is 0.00893. The summed E-state index contributed by atoms with van der Waals surface area (Å²) in [7, 11) is -3.01. The zero-order valence-electron chi connectivity index (χ0n) is 28.3. The van der Waals surface area contributed by atoms with Gasteiger partial charge in [0, 0.05) is 52.2 Å². The van der Waals surface area contributed by atoms with E-state index in [-0.39, 0.29) is 29.1 Å². The summed E-state index contributed by atoms with van der Waals surface area (Å²) in [6.45, 7) is 14.9. The van der Waals surface area contributed by atoms with Crippen LogP contribution in [0.15, 0.2) is 18.5 Å². The standard InChI is InChI=1S/C35H47N7O5S/c1-25-20-28(21-29-32(25)47-26(2)31-33(38-29)36-24-37-34(31)40-14-18-48(44,45)19-15-40)27-7-10-42(11-8-27)35(3)22-41(23-35)30(43)6-4-5-9-39-12-16-46-17-13-39/h20-21,24,26-27H,5,7-19,22-23H2,1-3H3,(H,36,37,38)/t26-/m1/s1. The molecule has 5 aliphatic rings. The van der Waals surface area contributed by atoms with E-state index in [1.54, 1.807) is 6.33 Å². The van der Waals surface area contributed by atoms with Crippen molar-refractivity contribution in [2.75, 3.05) is 93.8 Å². The van der Waals surface area contributed by atoms with E-state index in [2.05, 4.69) is 62.9 Å². The molecule has 5 aliphatic heterocycles. The SMILES string of the molecule is Cc1cc(C2CCN(C3(C)CN(C(=O)C#CCCN4CCOCC4)C3)CC2)cc2c1O[C@H](C)c1c(ncnc1N1CCS(=O)(=O)CC1)N2. The molecule has 13 heteroatoms. The Hall–Kier alpha value is -3.44. The van der Waals surface area contributed by atoms with Crippen molar-refractivity contribution in [3.05, 3.63) is 35.2 Å². The van der Waals surface area contributed by atoms with Crippen LogP contribution in [0.5, 0.6) is 5.75 Å². The van der Waals surface area contributed by atoms with Gasteiger partial charge >= 0.3 is 0 Å². The number of hydrogen-bond donors (Lipinski definition) is 1. The summed E-state index contributed by atoms with van der Waals surface area (Å²) in [4.78, 5) is 30.7. The minimum Gasteiger partial charge on any atom is -0.483 e. The third kappa shape index (κ3) is 6.85. The van der Waals surface area contributed by atoms with Crippen LogP contribution in [-0.2, 0) is 19.4 Å². The number of anilines is 3. The molecule has 6 heterocycles. The van der Waals surface area contributed by atoms with Crippen molar-refractivity contribution < 1.29 is 22.7 Å². The summed E-state index contributed by atoms with van der Waals surface area (Å²) in [6, 6.07) is 4.47. The summed E-state index contributed by atoms with van der Waals surface area (Å²) >= 11 is 0. The van der Waals surface area contributed by atoms with Gasteiger partial charge in [0.1, 0.15) is 29.8 Å². The molecule has 258 valence electrons. The molecule has 1 amide bonds. The molecule has 0 radical (unpaired) electrons. The third-order valence-electron chi connectivity index (χ3n) is 10.7. The number of fused-ring (bicyclic) bond motifs is 2. The number of nitrogens with zero attached hydrogens (tertiary/aromatic N) is 6. The van der Waals surface area contributed by atoms with Crippen molar-refractivity contribution in [2.24, 2.45) is 0 Å². The van der Waals surface area contributed by atoms with Gasteiger partial charge in [0.25, 0.3) is 5.91 Å². The van der Waals surface area contributed by atoms with Crippen molar-refractivity contribution in [1.82, 2.24) is 24.7 Å². The zero-order chi connectivity index (χ0) is 33.5. The molecule has 0 bridgehead atoms. The van der Waals surface area contributed by atoms with Crippen molar-refractivity contribution in [2.45, 2.75) is 57.6 Å². The lowest BCUT2D eigenvalue weighted by molar-refractivity contribution is -0.139. The largest absolute Gasteiger partial charge is 0.483 e. The lowest BCUT2D eigenvalue weighted by Gasteiger charge is -2.55. The van der Waals surface area contributed by atoms with Gasteiger partial charge < -0.3 is 24.6 Å². The Morgan fingerprint density at radius 1 is 1.06 bits per heavy atom. The van der Waals surface area contributed by atoms with E-state index in [4.69, 9.17) is 9.47 Å². The van der Waals surface area contributed by atoms with E-state index < -0.39 is 9.84 Å². The number of nitrogens with one attached hydrogen (secondary N) is 1. The average molecular weight is 678 g/mol. The molecule has 12 nitrogen and oxygen atoms in total. The highest BCUT2D eigenvalue weighted by Crippen LogP contribution is 2.45. The molecule has 4 saturated heterocycles. The molecule has 1 aromatic carbocycles. The van der Waals surface area contributed by atoms with Gasteiger partial charge in [0.05, 0.1) is 41.5 Å². The second kappa shape index (κ2) is 13.5. The quantitative estimate of drug-likeness (QED) is 0.471. The summed E-state index contributed by atoms with van der Waals surface area (Å²) in [5, 5.41) is 3.56. The molecule has 2 aromatic rings. The van der Waals surface area contributed by atoms with Gasteiger partial charge in [0.2, 0.25) is 0 Å². The maximum Gasteiger partial charge on any atom is 0.298 e. The molecular formula is C35H47N7O5S. The Kier molecular flexibility index (Phi) is 9.28. The Bertz CT molecular complexity index is 1690. The Morgan fingerprint density at radius 3 is 2.52 bits per heavy atom. The number of hydrogen-bond acceptors (Lipinski definition) is 11. The summed E-state index contributed by atoms with van der Waals surface area (Å²) in [5.41, 5.74) is 4.10. The smallest absolute Gasteiger partial charge is 0.298 e. The Balaban J connectivity index is 0.964. The molecule has 4 fully saturated rings. The van der Waals surface area contributed by atoms with Gasteiger partial charge in [-0.3, -0.25) is 14.6 Å². The lowest BCUT2D eigenvalue weighted by atomic mass is 9.83. The lowest BCUT2D eigenvalue weighted by Crippen LogP contribution is -2.70. The van der Waals surface area contributed by atoms with Gasteiger partial charge in [-0.05, 0) is 75.7 Å². The fourth-order valence-corrected chi connectivity index (χ4v) is 9.02. The maximum absolute atomic E-state index is 12.7. The third-order valence-corrected chi connectivity index (χ3v) is 12.3. The van der Waals surface area contributed by atoms with Crippen molar-refractivity contribution >= 4 is 33.1 Å². The summed E-state index contributed by atoms with van der Waals surface area (Å²) < 4.78 is 36.1. The fraction of sp³-hybridized carbons (Fsp3) is 0.629. The number of likely N-dealkylation sites (tertiary alicyclic amines) is 2. The second-order valence-corrected chi connectivity index (χ2v) is 16.4. The van der Waals surface area contributed by atoms with E-state index in [0.29, 0.717) is 31.2 Å². The predicted octanol–water partition coefficient (Wildman–Crippen LogP) is 2.72. The van der Waals surface area contributed by atoms with Crippen molar-refractivity contribution in [3.63, 3.8) is 0 Å². The monoisotopic (exact) mass is 677 g/mol. The van der Waals surface area contributed by atoms with E-state index in [9.17, 15) is 13.2 Å². The molecule has 0 aliphatic carbocycles. The van der Waals surface area contributed by atoms with Crippen LogP contribution >= 0.6 is 0 Å². The van der Waals surface area contributed by atoms with Gasteiger partial charge in [-0.1, -0.05) is 12.0 Å². The van der Waals surface area contributed by atoms with Gasteiger partial charge in [-0.15, -0.1) is 0 Å². The molecule has 0 unspecified atom stereocenters. The number of aryl methyl sites for hydroxylation is 1. The average Bonchev–Trinajstić information content (AvgIpc) is 3.21. The first-order chi connectivity index (χ1) is 23.1. The number of piperidine rings is 1. The van der Waals surface area contributed by atoms with Crippen LogP contribution in [0.1, 0.15) is 61.8 Å². The number of ether oxygens (including phenoxy) is 2. The number of amides is 1. The first-order valence-electron chi connectivity index (χ1n) is 17.3. The molecule has 0 saturated carbocycles. The van der Waals surface area contributed by atoms with Crippen LogP contribution in [0, 0.1) is 18.8 Å². The van der Waals surface area contributed by atoms with Gasteiger partial charge in [-0.25, -0.2) is 18.4 Å². The summed E-state index contributed by atoms with van der Waals surface area (Å²) in [5.74, 6) is 8.80. The highest BCUT2D eigenvalue weighted by atomic mass is 32.2. The Morgan fingerprint density at radius 2 is 1.79 bits per heavy atom. The van der Waals surface area contributed by atoms with E-state index in [1.165, 1.54) is 5.56 Å². The number of carbonyl (C=O) groups is 1. The number of morpholine rings is 1. The second-order valence-electron chi connectivity index (χ2n) is 14.1. The highest BCUT2D eigenvalue weighted by molar-refractivity contribution is 7.91. The predicted molar refractivity (Wildman–Crippen MR) is 185 cm³/mol. The van der Waals surface area contributed by atoms with Crippen LogP contribution in [0.25, 0.3) is 0 Å². The highest BCUT2D eigenvalue weighted by Gasteiger charge is 2.46. The molecule has 48 heavy (non-hydrogen) atoms. The van der Waals surface area contributed by atoms with E-state index in [1.807, 2.05) is 16.7 Å². The van der Waals surface area contributed by atoms with Gasteiger partial charge in [0.15, 0.2) is 9.84 Å². The van der Waals surface area contributed by atoms with E-state index in [0.717, 1.165) is 100 Å².